The predicted octanol–water partition coefficient (Wildman–Crippen LogP) is 3.44. The summed E-state index contributed by atoms with van der Waals surface area (Å²) >= 11 is 1.68. The molecule has 5 heteroatoms. The van der Waals surface area contributed by atoms with Crippen LogP contribution in [0, 0.1) is 0 Å². The quantitative estimate of drug-likeness (QED) is 0.671. The Hall–Kier alpha value is -1.88. The van der Waals surface area contributed by atoms with Crippen molar-refractivity contribution in [3.05, 3.63) is 45.4 Å². The van der Waals surface area contributed by atoms with Gasteiger partial charge in [-0.05, 0) is 55.4 Å². The fourth-order valence-corrected chi connectivity index (χ4v) is 3.75. The van der Waals surface area contributed by atoms with Gasteiger partial charge in [0.25, 0.3) is 0 Å². The minimum absolute atomic E-state index is 0.459. The van der Waals surface area contributed by atoms with Gasteiger partial charge in [0, 0.05) is 17.0 Å². The lowest BCUT2D eigenvalue weighted by Crippen LogP contribution is -2.22. The zero-order chi connectivity index (χ0) is 14.9. The highest BCUT2D eigenvalue weighted by atomic mass is 32.1. The molecular weight excluding hydrogens is 292 g/mol. The number of nitrogens with two attached hydrogens (primary N) is 1. The second-order valence-corrected chi connectivity index (χ2v) is 7.05. The molecule has 22 heavy (non-hydrogen) atoms. The summed E-state index contributed by atoms with van der Waals surface area (Å²) in [4.78, 5) is 9.03. The van der Waals surface area contributed by atoms with Gasteiger partial charge in [-0.1, -0.05) is 6.07 Å². The zero-order valence-electron chi connectivity index (χ0n) is 12.5. The van der Waals surface area contributed by atoms with E-state index in [2.05, 4.69) is 38.9 Å². The molecule has 1 aromatic carbocycles. The molecule has 1 fully saturated rings. The van der Waals surface area contributed by atoms with Gasteiger partial charge in [-0.2, -0.15) is 0 Å². The number of benzene rings is 1. The van der Waals surface area contributed by atoms with Crippen molar-refractivity contribution in [2.45, 2.75) is 44.6 Å². The maximum Gasteiger partial charge on any atom is 0.193 e. The van der Waals surface area contributed by atoms with Gasteiger partial charge in [0.15, 0.2) is 5.96 Å². The number of aliphatic imine (C=N–C) groups is 1. The third-order valence-corrected chi connectivity index (χ3v) is 5.17. The van der Waals surface area contributed by atoms with E-state index in [4.69, 9.17) is 5.73 Å². The van der Waals surface area contributed by atoms with E-state index >= 15 is 0 Å². The molecule has 0 bridgehead atoms. The summed E-state index contributed by atoms with van der Waals surface area (Å²) in [6.07, 6.45) is 6.20. The van der Waals surface area contributed by atoms with Crippen molar-refractivity contribution in [1.29, 1.82) is 0 Å². The Balaban J connectivity index is 1.39. The van der Waals surface area contributed by atoms with Crippen molar-refractivity contribution in [1.82, 2.24) is 4.98 Å². The molecule has 2 aliphatic rings. The van der Waals surface area contributed by atoms with Crippen LogP contribution < -0.4 is 11.1 Å². The van der Waals surface area contributed by atoms with Crippen LogP contribution in [0.5, 0.6) is 0 Å². The van der Waals surface area contributed by atoms with Crippen LogP contribution in [0.15, 0.2) is 28.6 Å². The van der Waals surface area contributed by atoms with Crippen LogP contribution >= 0.6 is 11.3 Å². The molecule has 1 aromatic heterocycles. The summed E-state index contributed by atoms with van der Waals surface area (Å²) in [5.41, 5.74) is 11.2. The van der Waals surface area contributed by atoms with E-state index in [-0.39, 0.29) is 0 Å². The SMILES string of the molecule is NC(=NCc1nc(C2CC2)cs1)Nc1ccc2c(c1)CCC2. The zero-order valence-corrected chi connectivity index (χ0v) is 13.3. The molecule has 0 saturated heterocycles. The van der Waals surface area contributed by atoms with Crippen molar-refractivity contribution >= 4 is 23.0 Å². The van der Waals surface area contributed by atoms with Crippen LogP contribution in [0.4, 0.5) is 5.69 Å². The Morgan fingerprint density at radius 3 is 3.05 bits per heavy atom. The summed E-state index contributed by atoms with van der Waals surface area (Å²) < 4.78 is 0. The Labute approximate surface area is 134 Å². The van der Waals surface area contributed by atoms with E-state index in [1.54, 1.807) is 11.3 Å². The minimum Gasteiger partial charge on any atom is -0.370 e. The molecule has 114 valence electrons. The molecule has 1 saturated carbocycles. The van der Waals surface area contributed by atoms with Crippen molar-refractivity contribution in [2.75, 3.05) is 5.32 Å². The first kappa shape index (κ1) is 13.8. The average molecular weight is 312 g/mol. The van der Waals surface area contributed by atoms with E-state index in [1.165, 1.54) is 48.9 Å². The van der Waals surface area contributed by atoms with Crippen LogP contribution in [0.2, 0.25) is 0 Å². The number of fused-ring (bicyclic) bond motifs is 1. The fraction of sp³-hybridized carbons (Fsp3) is 0.412. The van der Waals surface area contributed by atoms with Gasteiger partial charge in [0.1, 0.15) is 5.01 Å². The lowest BCUT2D eigenvalue weighted by molar-refractivity contribution is 0.912. The van der Waals surface area contributed by atoms with Crippen molar-refractivity contribution in [2.24, 2.45) is 10.7 Å². The standard InChI is InChI=1S/C17H20N4S/c18-17(19-9-16-21-15(10-22-16)12-4-5-12)20-14-7-6-11-2-1-3-13(11)8-14/h6-8,10,12H,1-5,9H2,(H3,18,19,20). The maximum absolute atomic E-state index is 5.99. The van der Waals surface area contributed by atoms with Gasteiger partial charge in [-0.15, -0.1) is 11.3 Å². The largest absolute Gasteiger partial charge is 0.370 e. The first-order chi connectivity index (χ1) is 10.8. The Morgan fingerprint density at radius 1 is 1.32 bits per heavy atom. The number of hydrogen-bond acceptors (Lipinski definition) is 3. The monoisotopic (exact) mass is 312 g/mol. The van der Waals surface area contributed by atoms with Gasteiger partial charge in [0.2, 0.25) is 0 Å². The second-order valence-electron chi connectivity index (χ2n) is 6.10. The van der Waals surface area contributed by atoms with Crippen LogP contribution in [0.1, 0.15) is 47.0 Å². The third-order valence-electron chi connectivity index (χ3n) is 4.32. The Bertz CT molecular complexity index is 715. The molecule has 4 nitrogen and oxygen atoms in total. The number of rotatable bonds is 4. The van der Waals surface area contributed by atoms with Crippen LogP contribution in [0.25, 0.3) is 0 Å². The Morgan fingerprint density at radius 2 is 2.18 bits per heavy atom. The lowest BCUT2D eigenvalue weighted by atomic mass is 10.1. The third kappa shape index (κ3) is 2.99. The smallest absolute Gasteiger partial charge is 0.193 e. The van der Waals surface area contributed by atoms with E-state index < -0.39 is 0 Å². The van der Waals surface area contributed by atoms with Gasteiger partial charge in [-0.25, -0.2) is 9.98 Å². The molecule has 3 N–H and O–H groups in total. The predicted molar refractivity (Wildman–Crippen MR) is 91.5 cm³/mol. The number of aryl methyl sites for hydroxylation is 2. The average Bonchev–Trinajstić information content (AvgIpc) is 3.08. The highest BCUT2D eigenvalue weighted by Gasteiger charge is 2.25. The number of anilines is 1. The molecule has 2 aliphatic carbocycles. The fourth-order valence-electron chi connectivity index (χ4n) is 2.95. The maximum atomic E-state index is 5.99. The number of thiazole rings is 1. The normalized spacial score (nSPS) is 17.5. The van der Waals surface area contributed by atoms with Gasteiger partial charge in [-0.3, -0.25) is 0 Å². The summed E-state index contributed by atoms with van der Waals surface area (Å²) in [5.74, 6) is 1.16. The van der Waals surface area contributed by atoms with E-state index in [9.17, 15) is 0 Å². The van der Waals surface area contributed by atoms with Crippen LogP contribution in [-0.2, 0) is 19.4 Å². The number of hydrogen-bond donors (Lipinski definition) is 2. The first-order valence-corrected chi connectivity index (χ1v) is 8.79. The second kappa shape index (κ2) is 5.72. The van der Waals surface area contributed by atoms with Gasteiger partial charge < -0.3 is 11.1 Å². The number of nitrogens with zero attached hydrogens (tertiary/aromatic N) is 2. The van der Waals surface area contributed by atoms with Crippen molar-refractivity contribution in [3.63, 3.8) is 0 Å². The molecule has 0 amide bonds. The van der Waals surface area contributed by atoms with Gasteiger partial charge >= 0.3 is 0 Å². The summed E-state index contributed by atoms with van der Waals surface area (Å²) in [6.45, 7) is 0.557. The van der Waals surface area contributed by atoms with E-state index in [0.29, 0.717) is 18.4 Å². The lowest BCUT2D eigenvalue weighted by Gasteiger charge is -2.07. The highest BCUT2D eigenvalue weighted by molar-refractivity contribution is 7.09. The topological polar surface area (TPSA) is 63.3 Å². The van der Waals surface area contributed by atoms with E-state index in [0.717, 1.165) is 10.7 Å². The molecule has 2 aromatic rings. The molecule has 0 atom stereocenters. The first-order valence-electron chi connectivity index (χ1n) is 7.91. The minimum atomic E-state index is 0.459. The van der Waals surface area contributed by atoms with Crippen LogP contribution in [0.3, 0.4) is 0 Å². The summed E-state index contributed by atoms with van der Waals surface area (Å²) in [7, 11) is 0. The highest BCUT2D eigenvalue weighted by Crippen LogP contribution is 2.40. The Kier molecular flexibility index (Phi) is 3.58. The molecule has 0 radical (unpaired) electrons. The molecule has 0 aliphatic heterocycles. The number of guanidine groups is 1. The molecule has 0 spiro atoms. The molecular formula is C17H20N4S. The molecule has 4 rings (SSSR count). The van der Waals surface area contributed by atoms with Crippen molar-refractivity contribution < 1.29 is 0 Å². The molecule has 1 heterocycles. The summed E-state index contributed by atoms with van der Waals surface area (Å²) in [6, 6.07) is 6.47. The van der Waals surface area contributed by atoms with Crippen molar-refractivity contribution in [3.8, 4) is 0 Å². The summed E-state index contributed by atoms with van der Waals surface area (Å²) in [5, 5.41) is 6.39. The van der Waals surface area contributed by atoms with Gasteiger partial charge in [0.05, 0.1) is 12.2 Å². The van der Waals surface area contributed by atoms with E-state index in [1.807, 2.05) is 0 Å². The number of aromatic nitrogens is 1. The number of nitrogens with one attached hydrogen (secondary N) is 1. The molecule has 0 unspecified atom stereocenters. The van der Waals surface area contributed by atoms with Crippen LogP contribution in [-0.4, -0.2) is 10.9 Å².